The second-order valence-corrected chi connectivity index (χ2v) is 10.8. The minimum absolute atomic E-state index is 0.0281. The zero-order valence-electron chi connectivity index (χ0n) is 16.2. The maximum Gasteiger partial charge on any atom is 0.255 e. The first kappa shape index (κ1) is 21.1. The Morgan fingerprint density at radius 2 is 1.83 bits per heavy atom. The fourth-order valence-electron chi connectivity index (χ4n) is 3.01. The molecule has 0 atom stereocenters. The summed E-state index contributed by atoms with van der Waals surface area (Å²) >= 11 is 0. The Balaban J connectivity index is 1.71. The Bertz CT molecular complexity index is 1130. The molecular weight excluding hydrogens is 414 g/mol. The number of hydrogen-bond donors (Lipinski definition) is 2. The van der Waals surface area contributed by atoms with Crippen LogP contribution in [0.25, 0.3) is 0 Å². The minimum atomic E-state index is -3.38. The molecule has 2 aromatic carbocycles. The molecule has 2 N–H and O–H groups in total. The van der Waals surface area contributed by atoms with E-state index in [0.29, 0.717) is 41.2 Å². The number of anilines is 3. The number of rotatable bonds is 6. The van der Waals surface area contributed by atoms with Crippen LogP contribution < -0.4 is 14.3 Å². The van der Waals surface area contributed by atoms with Crippen LogP contribution in [0.3, 0.4) is 0 Å². The van der Waals surface area contributed by atoms with Crippen LogP contribution in [0.2, 0.25) is 0 Å². The SMILES string of the molecule is CCS(=O)(=O)Nc1ccc(NC(=O)c2ccc(N3CCCS3(=O)=O)cc2)cc1C. The highest BCUT2D eigenvalue weighted by molar-refractivity contribution is 7.93. The monoisotopic (exact) mass is 437 g/mol. The summed E-state index contributed by atoms with van der Waals surface area (Å²) in [6.07, 6.45) is 0.592. The molecule has 1 aliphatic heterocycles. The van der Waals surface area contributed by atoms with Gasteiger partial charge in [0.25, 0.3) is 5.91 Å². The topological polar surface area (TPSA) is 113 Å². The zero-order chi connectivity index (χ0) is 21.2. The van der Waals surface area contributed by atoms with Crippen LogP contribution in [0, 0.1) is 6.92 Å². The number of carbonyl (C=O) groups is 1. The number of hydrogen-bond acceptors (Lipinski definition) is 5. The lowest BCUT2D eigenvalue weighted by atomic mass is 10.1. The molecule has 0 aliphatic carbocycles. The normalized spacial score (nSPS) is 15.9. The van der Waals surface area contributed by atoms with Crippen molar-refractivity contribution in [3.05, 3.63) is 53.6 Å². The van der Waals surface area contributed by atoms with E-state index in [9.17, 15) is 21.6 Å². The molecule has 0 spiro atoms. The van der Waals surface area contributed by atoms with E-state index in [0.717, 1.165) is 0 Å². The van der Waals surface area contributed by atoms with Crippen molar-refractivity contribution < 1.29 is 21.6 Å². The van der Waals surface area contributed by atoms with Gasteiger partial charge in [-0.05, 0) is 68.3 Å². The highest BCUT2D eigenvalue weighted by Gasteiger charge is 2.28. The molecule has 1 fully saturated rings. The maximum absolute atomic E-state index is 12.5. The Morgan fingerprint density at radius 3 is 2.38 bits per heavy atom. The molecule has 2 aromatic rings. The predicted molar refractivity (Wildman–Crippen MR) is 114 cm³/mol. The standard InChI is InChI=1S/C19H23N3O5S2/c1-3-28(24,25)21-18-10-7-16(13-14(18)2)20-19(23)15-5-8-17(9-6-15)22-11-4-12-29(22,26)27/h5-10,13,21H,3-4,11-12H2,1-2H3,(H,20,23). The van der Waals surface area contributed by atoms with Crippen LogP contribution in [0.15, 0.2) is 42.5 Å². The third-order valence-electron chi connectivity index (χ3n) is 4.65. The van der Waals surface area contributed by atoms with E-state index in [1.54, 1.807) is 56.3 Å². The lowest BCUT2D eigenvalue weighted by molar-refractivity contribution is 0.102. The Morgan fingerprint density at radius 1 is 1.14 bits per heavy atom. The van der Waals surface area contributed by atoms with Crippen molar-refractivity contribution in [3.63, 3.8) is 0 Å². The summed E-state index contributed by atoms with van der Waals surface area (Å²) in [4.78, 5) is 12.5. The lowest BCUT2D eigenvalue weighted by Crippen LogP contribution is -2.25. The average molecular weight is 438 g/mol. The van der Waals surface area contributed by atoms with Gasteiger partial charge in [-0.3, -0.25) is 13.8 Å². The number of aryl methyl sites for hydroxylation is 1. The summed E-state index contributed by atoms with van der Waals surface area (Å²) in [6, 6.07) is 11.3. The van der Waals surface area contributed by atoms with Crippen molar-refractivity contribution in [2.24, 2.45) is 0 Å². The molecule has 1 amide bonds. The second-order valence-electron chi connectivity index (χ2n) is 6.78. The number of carbonyl (C=O) groups excluding carboxylic acids is 1. The minimum Gasteiger partial charge on any atom is -0.322 e. The first-order valence-corrected chi connectivity index (χ1v) is 12.4. The lowest BCUT2D eigenvalue weighted by Gasteiger charge is -2.17. The van der Waals surface area contributed by atoms with Gasteiger partial charge < -0.3 is 5.32 Å². The molecule has 1 heterocycles. The van der Waals surface area contributed by atoms with Crippen LogP contribution in [-0.4, -0.2) is 40.8 Å². The summed E-state index contributed by atoms with van der Waals surface area (Å²) in [5, 5.41) is 2.76. The van der Waals surface area contributed by atoms with Crippen LogP contribution in [0.1, 0.15) is 29.3 Å². The fraction of sp³-hybridized carbons (Fsp3) is 0.316. The number of nitrogens with one attached hydrogen (secondary N) is 2. The van der Waals surface area contributed by atoms with Crippen molar-refractivity contribution in [2.45, 2.75) is 20.3 Å². The van der Waals surface area contributed by atoms with Gasteiger partial charge in [-0.1, -0.05) is 0 Å². The van der Waals surface area contributed by atoms with E-state index in [2.05, 4.69) is 10.0 Å². The molecule has 10 heteroatoms. The average Bonchev–Trinajstić information content (AvgIpc) is 3.03. The van der Waals surface area contributed by atoms with Crippen LogP contribution in [-0.2, 0) is 20.0 Å². The third kappa shape index (κ3) is 4.88. The van der Waals surface area contributed by atoms with E-state index in [1.165, 1.54) is 4.31 Å². The van der Waals surface area contributed by atoms with Gasteiger partial charge in [-0.25, -0.2) is 16.8 Å². The van der Waals surface area contributed by atoms with Gasteiger partial charge >= 0.3 is 0 Å². The number of benzene rings is 2. The number of amides is 1. The van der Waals surface area contributed by atoms with Gasteiger partial charge in [0.2, 0.25) is 20.0 Å². The Kier molecular flexibility index (Phi) is 5.85. The Labute approximate surface area is 171 Å². The molecule has 29 heavy (non-hydrogen) atoms. The van der Waals surface area contributed by atoms with E-state index in [1.807, 2.05) is 0 Å². The van der Waals surface area contributed by atoms with E-state index >= 15 is 0 Å². The smallest absolute Gasteiger partial charge is 0.255 e. The molecule has 0 radical (unpaired) electrons. The summed E-state index contributed by atoms with van der Waals surface area (Å²) < 4.78 is 51.3. The van der Waals surface area contributed by atoms with Gasteiger partial charge in [0.15, 0.2) is 0 Å². The second kappa shape index (κ2) is 8.03. The summed E-state index contributed by atoms with van der Waals surface area (Å²) in [7, 11) is -6.64. The molecular formula is C19H23N3O5S2. The van der Waals surface area contributed by atoms with Crippen LogP contribution in [0.5, 0.6) is 0 Å². The highest BCUT2D eigenvalue weighted by atomic mass is 32.2. The molecule has 1 aliphatic rings. The van der Waals surface area contributed by atoms with Crippen LogP contribution >= 0.6 is 0 Å². The number of nitrogens with zero attached hydrogens (tertiary/aromatic N) is 1. The molecule has 8 nitrogen and oxygen atoms in total. The maximum atomic E-state index is 12.5. The third-order valence-corrected chi connectivity index (χ3v) is 7.81. The molecule has 0 saturated carbocycles. The van der Waals surface area contributed by atoms with Crippen molar-refractivity contribution >= 4 is 43.0 Å². The van der Waals surface area contributed by atoms with Crippen molar-refractivity contribution in [1.29, 1.82) is 0 Å². The van der Waals surface area contributed by atoms with Gasteiger partial charge in [0, 0.05) is 17.8 Å². The first-order chi connectivity index (χ1) is 13.6. The van der Waals surface area contributed by atoms with E-state index < -0.39 is 20.0 Å². The molecule has 0 bridgehead atoms. The molecule has 156 valence electrons. The van der Waals surface area contributed by atoms with E-state index in [-0.39, 0.29) is 17.4 Å². The van der Waals surface area contributed by atoms with Gasteiger partial charge in [-0.15, -0.1) is 0 Å². The van der Waals surface area contributed by atoms with Gasteiger partial charge in [0.1, 0.15) is 0 Å². The predicted octanol–water partition coefficient (Wildman–Crippen LogP) is 2.55. The van der Waals surface area contributed by atoms with E-state index in [4.69, 9.17) is 0 Å². The summed E-state index contributed by atoms with van der Waals surface area (Å²) in [5.41, 5.74) is 2.59. The largest absolute Gasteiger partial charge is 0.322 e. The fourth-order valence-corrected chi connectivity index (χ4v) is 5.28. The first-order valence-electron chi connectivity index (χ1n) is 9.14. The van der Waals surface area contributed by atoms with Crippen molar-refractivity contribution in [2.75, 3.05) is 32.4 Å². The van der Waals surface area contributed by atoms with Crippen molar-refractivity contribution in [1.82, 2.24) is 0 Å². The van der Waals surface area contributed by atoms with Gasteiger partial charge in [-0.2, -0.15) is 0 Å². The van der Waals surface area contributed by atoms with Crippen LogP contribution in [0.4, 0.5) is 17.1 Å². The molecule has 0 unspecified atom stereocenters. The molecule has 0 aromatic heterocycles. The summed E-state index contributed by atoms with van der Waals surface area (Å²) in [5.74, 6) is -0.235. The zero-order valence-corrected chi connectivity index (χ0v) is 17.8. The highest BCUT2D eigenvalue weighted by Crippen LogP contribution is 2.25. The number of sulfonamides is 2. The van der Waals surface area contributed by atoms with Gasteiger partial charge in [0.05, 0.1) is 22.9 Å². The molecule has 1 saturated heterocycles. The quantitative estimate of drug-likeness (QED) is 0.721. The molecule has 3 rings (SSSR count). The summed E-state index contributed by atoms with van der Waals surface area (Å²) in [6.45, 7) is 3.74. The Hall–Kier alpha value is -2.59. The van der Waals surface area contributed by atoms with Crippen molar-refractivity contribution in [3.8, 4) is 0 Å².